The summed E-state index contributed by atoms with van der Waals surface area (Å²) in [6, 6.07) is 6.78. The minimum Gasteiger partial charge on any atom is -0.444 e. The fourth-order valence-corrected chi connectivity index (χ4v) is 3.17. The SMILES string of the molecule is CC(C)(C)OC(=O)N1CCN(C(=O)c2cc(-c3ccc(Cl)c(Cl)c3)ncn2)CC1. The van der Waals surface area contributed by atoms with E-state index in [2.05, 4.69) is 9.97 Å². The second kappa shape index (κ2) is 8.55. The Bertz CT molecular complexity index is 922. The van der Waals surface area contributed by atoms with Gasteiger partial charge >= 0.3 is 6.09 Å². The molecule has 0 saturated carbocycles. The molecule has 2 amide bonds. The second-order valence-electron chi connectivity index (χ2n) is 7.68. The molecule has 29 heavy (non-hydrogen) atoms. The summed E-state index contributed by atoms with van der Waals surface area (Å²) in [6.45, 7) is 7.10. The lowest BCUT2D eigenvalue weighted by Crippen LogP contribution is -2.51. The summed E-state index contributed by atoms with van der Waals surface area (Å²) < 4.78 is 5.38. The maximum atomic E-state index is 12.9. The Kier molecular flexibility index (Phi) is 6.29. The number of carbonyl (C=O) groups is 2. The number of piperazine rings is 1. The van der Waals surface area contributed by atoms with Crippen molar-refractivity contribution in [1.82, 2.24) is 19.8 Å². The van der Waals surface area contributed by atoms with Gasteiger partial charge in [0.25, 0.3) is 5.91 Å². The molecule has 0 N–H and O–H groups in total. The van der Waals surface area contributed by atoms with Gasteiger partial charge in [-0.2, -0.15) is 0 Å². The zero-order valence-corrected chi connectivity index (χ0v) is 18.0. The maximum Gasteiger partial charge on any atom is 0.410 e. The Hall–Kier alpha value is -2.38. The highest BCUT2D eigenvalue weighted by atomic mass is 35.5. The number of amides is 2. The topological polar surface area (TPSA) is 75.6 Å². The summed E-state index contributed by atoms with van der Waals surface area (Å²) in [5.74, 6) is -0.211. The van der Waals surface area contributed by atoms with Crippen molar-refractivity contribution in [3.05, 3.63) is 46.3 Å². The van der Waals surface area contributed by atoms with Crippen LogP contribution in [0.5, 0.6) is 0 Å². The minimum absolute atomic E-state index is 0.211. The van der Waals surface area contributed by atoms with Gasteiger partial charge in [0, 0.05) is 31.7 Å². The molecule has 0 aliphatic carbocycles. The van der Waals surface area contributed by atoms with E-state index in [0.717, 1.165) is 5.56 Å². The molecule has 0 spiro atoms. The molecule has 1 aromatic carbocycles. The van der Waals surface area contributed by atoms with Gasteiger partial charge in [0.15, 0.2) is 0 Å². The van der Waals surface area contributed by atoms with Crippen molar-refractivity contribution < 1.29 is 14.3 Å². The van der Waals surface area contributed by atoms with E-state index < -0.39 is 5.60 Å². The van der Waals surface area contributed by atoms with Crippen LogP contribution >= 0.6 is 23.2 Å². The van der Waals surface area contributed by atoms with Gasteiger partial charge in [-0.15, -0.1) is 0 Å². The number of halogens is 2. The molecule has 0 atom stereocenters. The number of ether oxygens (including phenoxy) is 1. The Labute approximate surface area is 179 Å². The van der Waals surface area contributed by atoms with Crippen LogP contribution in [0.1, 0.15) is 31.3 Å². The summed E-state index contributed by atoms with van der Waals surface area (Å²) in [4.78, 5) is 36.7. The average molecular weight is 437 g/mol. The summed E-state index contributed by atoms with van der Waals surface area (Å²) in [5.41, 5.74) is 1.05. The van der Waals surface area contributed by atoms with Crippen LogP contribution in [0.4, 0.5) is 4.79 Å². The molecule has 0 bridgehead atoms. The molecule has 1 fully saturated rings. The van der Waals surface area contributed by atoms with Crippen LogP contribution in [-0.4, -0.2) is 63.5 Å². The molecule has 1 aromatic heterocycles. The van der Waals surface area contributed by atoms with E-state index in [-0.39, 0.29) is 17.7 Å². The van der Waals surface area contributed by atoms with Gasteiger partial charge in [-0.3, -0.25) is 4.79 Å². The molecule has 7 nitrogen and oxygen atoms in total. The van der Waals surface area contributed by atoms with Gasteiger partial charge in [-0.1, -0.05) is 29.3 Å². The highest BCUT2D eigenvalue weighted by Crippen LogP contribution is 2.27. The van der Waals surface area contributed by atoms with Gasteiger partial charge in [0.2, 0.25) is 0 Å². The highest BCUT2D eigenvalue weighted by Gasteiger charge is 2.28. The third-order valence-corrected chi connectivity index (χ3v) is 5.06. The number of hydrogen-bond donors (Lipinski definition) is 0. The molecular formula is C20H22Cl2N4O3. The van der Waals surface area contributed by atoms with Gasteiger partial charge in [0.1, 0.15) is 17.6 Å². The minimum atomic E-state index is -0.550. The van der Waals surface area contributed by atoms with Crippen molar-refractivity contribution in [2.24, 2.45) is 0 Å². The predicted octanol–water partition coefficient (Wildman–Crippen LogP) is 4.14. The van der Waals surface area contributed by atoms with Gasteiger partial charge in [0.05, 0.1) is 15.7 Å². The Morgan fingerprint density at radius 2 is 1.62 bits per heavy atom. The molecular weight excluding hydrogens is 415 g/mol. The maximum absolute atomic E-state index is 12.9. The van der Waals surface area contributed by atoms with Crippen LogP contribution < -0.4 is 0 Å². The summed E-state index contributed by atoms with van der Waals surface area (Å²) >= 11 is 12.0. The number of aromatic nitrogens is 2. The largest absolute Gasteiger partial charge is 0.444 e. The molecule has 2 heterocycles. The van der Waals surface area contributed by atoms with Crippen LogP contribution in [-0.2, 0) is 4.74 Å². The quantitative estimate of drug-likeness (QED) is 0.706. The van der Waals surface area contributed by atoms with E-state index in [4.69, 9.17) is 27.9 Å². The molecule has 2 aromatic rings. The average Bonchev–Trinajstić information content (AvgIpc) is 2.68. The van der Waals surface area contributed by atoms with Crippen LogP contribution in [0, 0.1) is 0 Å². The molecule has 1 saturated heterocycles. The van der Waals surface area contributed by atoms with E-state index in [1.165, 1.54) is 6.33 Å². The standard InChI is InChI=1S/C20H22Cl2N4O3/c1-20(2,3)29-19(28)26-8-6-25(7-9-26)18(27)17-11-16(23-12-24-17)13-4-5-14(21)15(22)10-13/h4-5,10-12H,6-9H2,1-3H3. The third-order valence-electron chi connectivity index (χ3n) is 4.32. The number of nitrogens with zero attached hydrogens (tertiary/aromatic N) is 4. The molecule has 0 unspecified atom stereocenters. The highest BCUT2D eigenvalue weighted by molar-refractivity contribution is 6.42. The van der Waals surface area contributed by atoms with E-state index in [9.17, 15) is 9.59 Å². The first kappa shape index (κ1) is 21.3. The number of carbonyl (C=O) groups excluding carboxylic acids is 2. The van der Waals surface area contributed by atoms with Crippen molar-refractivity contribution >= 4 is 35.2 Å². The summed E-state index contributed by atoms with van der Waals surface area (Å²) in [6.07, 6.45) is 0.982. The number of rotatable bonds is 2. The zero-order chi connectivity index (χ0) is 21.2. The summed E-state index contributed by atoms with van der Waals surface area (Å²) in [5, 5.41) is 0.859. The molecule has 1 aliphatic heterocycles. The summed E-state index contributed by atoms with van der Waals surface area (Å²) in [7, 11) is 0. The zero-order valence-electron chi connectivity index (χ0n) is 16.5. The predicted molar refractivity (Wildman–Crippen MR) is 111 cm³/mol. The first-order valence-electron chi connectivity index (χ1n) is 9.19. The van der Waals surface area contributed by atoms with Crippen molar-refractivity contribution in [1.29, 1.82) is 0 Å². The fraction of sp³-hybridized carbons (Fsp3) is 0.400. The molecule has 9 heteroatoms. The smallest absolute Gasteiger partial charge is 0.410 e. The van der Waals surface area contributed by atoms with E-state index in [1.807, 2.05) is 20.8 Å². The number of benzene rings is 1. The number of hydrogen-bond acceptors (Lipinski definition) is 5. The van der Waals surface area contributed by atoms with Crippen LogP contribution in [0.3, 0.4) is 0 Å². The van der Waals surface area contributed by atoms with Crippen LogP contribution in [0.15, 0.2) is 30.6 Å². The van der Waals surface area contributed by atoms with Gasteiger partial charge < -0.3 is 14.5 Å². The van der Waals surface area contributed by atoms with Gasteiger partial charge in [-0.25, -0.2) is 14.8 Å². The van der Waals surface area contributed by atoms with Crippen LogP contribution in [0.25, 0.3) is 11.3 Å². The lowest BCUT2D eigenvalue weighted by atomic mass is 10.1. The van der Waals surface area contributed by atoms with Crippen LogP contribution in [0.2, 0.25) is 10.0 Å². The molecule has 1 aliphatic rings. The van der Waals surface area contributed by atoms with E-state index >= 15 is 0 Å². The second-order valence-corrected chi connectivity index (χ2v) is 8.49. The first-order chi connectivity index (χ1) is 13.6. The van der Waals surface area contributed by atoms with Crippen molar-refractivity contribution in [2.45, 2.75) is 26.4 Å². The monoisotopic (exact) mass is 436 g/mol. The lowest BCUT2D eigenvalue weighted by molar-refractivity contribution is 0.0140. The lowest BCUT2D eigenvalue weighted by Gasteiger charge is -2.35. The molecule has 0 radical (unpaired) electrons. The molecule has 3 rings (SSSR count). The Morgan fingerprint density at radius 3 is 2.24 bits per heavy atom. The Morgan fingerprint density at radius 1 is 0.966 bits per heavy atom. The van der Waals surface area contributed by atoms with Gasteiger partial charge in [-0.05, 0) is 39.0 Å². The van der Waals surface area contributed by atoms with E-state index in [1.54, 1.807) is 34.1 Å². The Balaban J connectivity index is 1.67. The fourth-order valence-electron chi connectivity index (χ4n) is 2.87. The first-order valence-corrected chi connectivity index (χ1v) is 9.94. The molecule has 154 valence electrons. The third kappa shape index (κ3) is 5.36. The van der Waals surface area contributed by atoms with Crippen molar-refractivity contribution in [3.63, 3.8) is 0 Å². The van der Waals surface area contributed by atoms with Crippen molar-refractivity contribution in [3.8, 4) is 11.3 Å². The van der Waals surface area contributed by atoms with Crippen molar-refractivity contribution in [2.75, 3.05) is 26.2 Å². The normalized spacial score (nSPS) is 14.7. The van der Waals surface area contributed by atoms with E-state index in [0.29, 0.717) is 41.9 Å².